The Morgan fingerprint density at radius 3 is 3.00 bits per heavy atom. The van der Waals surface area contributed by atoms with E-state index in [4.69, 9.17) is 16.7 Å². The molecule has 0 radical (unpaired) electrons. The monoisotopic (exact) mass is 201 g/mol. The Bertz CT molecular complexity index is 267. The Hall–Kier alpha value is -0.870. The number of hydrogen-bond donors (Lipinski definition) is 2. The summed E-state index contributed by atoms with van der Waals surface area (Å²) in [6.07, 6.45) is 3.43. The van der Waals surface area contributed by atoms with Crippen LogP contribution in [0.1, 0.15) is 13.3 Å². The first-order valence-electron chi connectivity index (χ1n) is 4.08. The Kier molecular flexibility index (Phi) is 3.92. The Balaban J connectivity index is 2.37. The largest absolute Gasteiger partial charge is 0.393 e. The van der Waals surface area contributed by atoms with Crippen LogP contribution in [0.15, 0.2) is 12.4 Å². The molecule has 1 atom stereocenters. The molecular formula is C8H12ClN3O. The van der Waals surface area contributed by atoms with Crippen molar-refractivity contribution in [2.75, 3.05) is 11.9 Å². The van der Waals surface area contributed by atoms with Crippen molar-refractivity contribution in [2.24, 2.45) is 0 Å². The highest BCUT2D eigenvalue weighted by atomic mass is 35.5. The Labute approximate surface area is 82.0 Å². The van der Waals surface area contributed by atoms with Crippen LogP contribution >= 0.6 is 11.6 Å². The quantitative estimate of drug-likeness (QED) is 0.772. The highest BCUT2D eigenvalue weighted by Crippen LogP contribution is 2.06. The molecule has 72 valence electrons. The van der Waals surface area contributed by atoms with Crippen molar-refractivity contribution in [3.8, 4) is 0 Å². The first-order chi connectivity index (χ1) is 6.18. The van der Waals surface area contributed by atoms with Crippen LogP contribution in [0.5, 0.6) is 0 Å². The van der Waals surface area contributed by atoms with E-state index < -0.39 is 0 Å². The smallest absolute Gasteiger partial charge is 0.149 e. The fraction of sp³-hybridized carbons (Fsp3) is 0.500. The van der Waals surface area contributed by atoms with Gasteiger partial charge in [-0.15, -0.1) is 0 Å². The van der Waals surface area contributed by atoms with E-state index in [0.29, 0.717) is 23.9 Å². The van der Waals surface area contributed by atoms with Gasteiger partial charge < -0.3 is 10.4 Å². The zero-order valence-corrected chi connectivity index (χ0v) is 8.12. The second kappa shape index (κ2) is 4.99. The number of nitrogens with one attached hydrogen (secondary N) is 1. The minimum atomic E-state index is -0.306. The third-order valence-electron chi connectivity index (χ3n) is 1.47. The minimum absolute atomic E-state index is 0.306. The average molecular weight is 202 g/mol. The third kappa shape index (κ3) is 4.05. The lowest BCUT2D eigenvalue weighted by Gasteiger charge is -2.06. The second-order valence-corrected chi connectivity index (χ2v) is 3.18. The molecule has 1 aromatic rings. The van der Waals surface area contributed by atoms with Crippen molar-refractivity contribution in [1.29, 1.82) is 0 Å². The van der Waals surface area contributed by atoms with E-state index in [-0.39, 0.29) is 6.10 Å². The molecule has 0 saturated carbocycles. The lowest BCUT2D eigenvalue weighted by molar-refractivity contribution is 0.188. The van der Waals surface area contributed by atoms with Crippen LogP contribution in [0.3, 0.4) is 0 Å². The van der Waals surface area contributed by atoms with Gasteiger partial charge in [-0.25, -0.2) is 4.98 Å². The SMILES string of the molecule is C[C@H](O)CCNc1cncc(Cl)n1. The summed E-state index contributed by atoms with van der Waals surface area (Å²) in [5.41, 5.74) is 0. The van der Waals surface area contributed by atoms with Gasteiger partial charge in [0.05, 0.1) is 18.5 Å². The molecule has 0 amide bonds. The van der Waals surface area contributed by atoms with Crippen molar-refractivity contribution in [1.82, 2.24) is 9.97 Å². The van der Waals surface area contributed by atoms with Gasteiger partial charge in [-0.3, -0.25) is 4.98 Å². The van der Waals surface area contributed by atoms with E-state index in [0.717, 1.165) is 0 Å². The maximum atomic E-state index is 8.98. The molecule has 1 aromatic heterocycles. The van der Waals surface area contributed by atoms with Gasteiger partial charge >= 0.3 is 0 Å². The van der Waals surface area contributed by atoms with E-state index in [1.54, 1.807) is 13.1 Å². The average Bonchev–Trinajstić information content (AvgIpc) is 2.03. The van der Waals surface area contributed by atoms with Gasteiger partial charge in [0.1, 0.15) is 11.0 Å². The lowest BCUT2D eigenvalue weighted by Crippen LogP contribution is -2.10. The summed E-state index contributed by atoms with van der Waals surface area (Å²) in [7, 11) is 0. The molecule has 13 heavy (non-hydrogen) atoms. The van der Waals surface area contributed by atoms with Crippen molar-refractivity contribution in [3.05, 3.63) is 17.5 Å². The van der Waals surface area contributed by atoms with Crippen LogP contribution in [0.4, 0.5) is 5.82 Å². The van der Waals surface area contributed by atoms with Gasteiger partial charge in [-0.2, -0.15) is 0 Å². The molecule has 0 aliphatic rings. The fourth-order valence-corrected chi connectivity index (χ4v) is 0.984. The molecule has 0 unspecified atom stereocenters. The molecule has 0 spiro atoms. The predicted octanol–water partition coefficient (Wildman–Crippen LogP) is 1.31. The summed E-state index contributed by atoms with van der Waals surface area (Å²) >= 11 is 5.62. The standard InChI is InChI=1S/C8H12ClN3O/c1-6(13)2-3-11-8-5-10-4-7(9)12-8/h4-6,13H,2-3H2,1H3,(H,11,12)/t6-/m0/s1. The normalized spacial score (nSPS) is 12.5. The molecule has 0 saturated heterocycles. The number of aliphatic hydroxyl groups excluding tert-OH is 1. The zero-order chi connectivity index (χ0) is 9.68. The van der Waals surface area contributed by atoms with E-state index in [1.807, 2.05) is 0 Å². The topological polar surface area (TPSA) is 58.0 Å². The molecule has 5 heteroatoms. The van der Waals surface area contributed by atoms with Crippen LogP contribution < -0.4 is 5.32 Å². The highest BCUT2D eigenvalue weighted by molar-refractivity contribution is 6.29. The molecule has 1 heterocycles. The van der Waals surface area contributed by atoms with E-state index >= 15 is 0 Å². The predicted molar refractivity (Wildman–Crippen MR) is 51.8 cm³/mol. The van der Waals surface area contributed by atoms with Gasteiger partial charge in [0.15, 0.2) is 0 Å². The summed E-state index contributed by atoms with van der Waals surface area (Å²) in [6, 6.07) is 0. The minimum Gasteiger partial charge on any atom is -0.393 e. The van der Waals surface area contributed by atoms with Crippen molar-refractivity contribution < 1.29 is 5.11 Å². The molecule has 1 rings (SSSR count). The molecule has 0 aliphatic heterocycles. The molecular weight excluding hydrogens is 190 g/mol. The summed E-state index contributed by atoms with van der Waals surface area (Å²) in [5, 5.41) is 12.3. The highest BCUT2D eigenvalue weighted by Gasteiger charge is 1.97. The van der Waals surface area contributed by atoms with Crippen molar-refractivity contribution >= 4 is 17.4 Å². The Morgan fingerprint density at radius 2 is 2.38 bits per heavy atom. The summed E-state index contributed by atoms with van der Waals surface area (Å²) in [4.78, 5) is 7.84. The van der Waals surface area contributed by atoms with Crippen LogP contribution in [-0.2, 0) is 0 Å². The second-order valence-electron chi connectivity index (χ2n) is 2.79. The number of anilines is 1. The molecule has 0 fully saturated rings. The molecule has 0 aliphatic carbocycles. The number of hydrogen-bond acceptors (Lipinski definition) is 4. The molecule has 4 nitrogen and oxygen atoms in total. The van der Waals surface area contributed by atoms with Crippen LogP contribution in [0.2, 0.25) is 5.15 Å². The number of aliphatic hydroxyl groups is 1. The summed E-state index contributed by atoms with van der Waals surface area (Å²) in [5.74, 6) is 0.633. The Morgan fingerprint density at radius 1 is 1.62 bits per heavy atom. The van der Waals surface area contributed by atoms with Gasteiger partial charge in [0.25, 0.3) is 0 Å². The number of aromatic nitrogens is 2. The number of nitrogens with zero attached hydrogens (tertiary/aromatic N) is 2. The van der Waals surface area contributed by atoms with Crippen LogP contribution in [0.25, 0.3) is 0 Å². The summed E-state index contributed by atoms with van der Waals surface area (Å²) in [6.45, 7) is 2.40. The first kappa shape index (κ1) is 10.2. The maximum absolute atomic E-state index is 8.98. The molecule has 0 aromatic carbocycles. The number of rotatable bonds is 4. The van der Waals surface area contributed by atoms with Crippen LogP contribution in [-0.4, -0.2) is 27.7 Å². The first-order valence-corrected chi connectivity index (χ1v) is 4.46. The molecule has 0 bridgehead atoms. The number of halogens is 1. The van der Waals surface area contributed by atoms with Crippen molar-refractivity contribution in [3.63, 3.8) is 0 Å². The third-order valence-corrected chi connectivity index (χ3v) is 1.66. The van der Waals surface area contributed by atoms with E-state index in [9.17, 15) is 0 Å². The zero-order valence-electron chi connectivity index (χ0n) is 7.37. The van der Waals surface area contributed by atoms with Crippen LogP contribution in [0, 0.1) is 0 Å². The molecule has 2 N–H and O–H groups in total. The summed E-state index contributed by atoms with van der Waals surface area (Å²) < 4.78 is 0. The fourth-order valence-electron chi connectivity index (χ4n) is 0.836. The maximum Gasteiger partial charge on any atom is 0.149 e. The van der Waals surface area contributed by atoms with Crippen molar-refractivity contribution in [2.45, 2.75) is 19.4 Å². The van der Waals surface area contributed by atoms with E-state index in [1.165, 1.54) is 6.20 Å². The van der Waals surface area contributed by atoms with Gasteiger partial charge in [0.2, 0.25) is 0 Å². The van der Waals surface area contributed by atoms with Gasteiger partial charge in [0, 0.05) is 6.54 Å². The van der Waals surface area contributed by atoms with Gasteiger partial charge in [-0.1, -0.05) is 11.6 Å². The van der Waals surface area contributed by atoms with Gasteiger partial charge in [-0.05, 0) is 13.3 Å². The van der Waals surface area contributed by atoms with E-state index in [2.05, 4.69) is 15.3 Å². The lowest BCUT2D eigenvalue weighted by atomic mass is 10.3.